The van der Waals surface area contributed by atoms with Crippen molar-refractivity contribution in [2.45, 2.75) is 33.0 Å². The number of nitrogens with zero attached hydrogens (tertiary/aromatic N) is 5. The Hall–Kier alpha value is -3.49. The van der Waals surface area contributed by atoms with Crippen LogP contribution in [0.4, 0.5) is 5.95 Å². The summed E-state index contributed by atoms with van der Waals surface area (Å²) in [6.45, 7) is 2.89. The molecule has 3 aromatic rings. The molecule has 27 heavy (non-hydrogen) atoms. The van der Waals surface area contributed by atoms with Gasteiger partial charge in [-0.25, -0.2) is 9.67 Å². The summed E-state index contributed by atoms with van der Waals surface area (Å²) in [4.78, 5) is 27.9. The normalized spacial score (nSPS) is 10.6. The molecule has 0 radical (unpaired) electrons. The van der Waals surface area contributed by atoms with Gasteiger partial charge in [0.2, 0.25) is 17.8 Å². The highest BCUT2D eigenvalue weighted by Gasteiger charge is 2.09. The van der Waals surface area contributed by atoms with Crippen LogP contribution in [-0.2, 0) is 29.2 Å². The number of aromatic nitrogens is 5. The van der Waals surface area contributed by atoms with E-state index in [4.69, 9.17) is 0 Å². The van der Waals surface area contributed by atoms with Crippen molar-refractivity contribution in [3.8, 4) is 0 Å². The lowest BCUT2D eigenvalue weighted by Crippen LogP contribution is -2.27. The van der Waals surface area contributed by atoms with Crippen LogP contribution in [0.1, 0.15) is 17.5 Å². The van der Waals surface area contributed by atoms with Crippen LogP contribution < -0.4 is 10.6 Å². The number of hydrogen-bond acceptors (Lipinski definition) is 5. The number of nitrogens with one attached hydrogen (secondary N) is 2. The molecule has 0 aliphatic carbocycles. The molecule has 1 aromatic carbocycles. The third kappa shape index (κ3) is 5.77. The molecule has 0 bridgehead atoms. The van der Waals surface area contributed by atoms with Crippen molar-refractivity contribution in [3.05, 3.63) is 60.2 Å². The molecule has 9 nitrogen and oxygen atoms in total. The molecule has 0 fully saturated rings. The Morgan fingerprint density at radius 2 is 1.93 bits per heavy atom. The second-order valence-corrected chi connectivity index (χ2v) is 6.11. The standard InChI is InChI=1S/C18H21N7O2/c1-14-9-21-24(11-14)8-7-16(26)22-18-20-13-25(23-18)12-17(27)19-10-15-5-3-2-4-6-15/h2-6,9,11,13H,7-8,10,12H2,1H3,(H,19,27)(H,22,23,26). The third-order valence-electron chi connectivity index (χ3n) is 3.76. The van der Waals surface area contributed by atoms with Gasteiger partial charge in [-0.15, -0.1) is 5.10 Å². The van der Waals surface area contributed by atoms with Crippen molar-refractivity contribution >= 4 is 17.8 Å². The Morgan fingerprint density at radius 1 is 1.11 bits per heavy atom. The van der Waals surface area contributed by atoms with Crippen LogP contribution in [0.2, 0.25) is 0 Å². The van der Waals surface area contributed by atoms with E-state index in [-0.39, 0.29) is 30.7 Å². The molecule has 0 unspecified atom stereocenters. The van der Waals surface area contributed by atoms with E-state index in [0.717, 1.165) is 11.1 Å². The minimum Gasteiger partial charge on any atom is -0.350 e. The number of benzene rings is 1. The molecule has 140 valence electrons. The first-order valence-electron chi connectivity index (χ1n) is 8.57. The van der Waals surface area contributed by atoms with E-state index in [0.29, 0.717) is 13.1 Å². The van der Waals surface area contributed by atoms with Crippen LogP contribution in [-0.4, -0.2) is 36.4 Å². The fraction of sp³-hybridized carbons (Fsp3) is 0.278. The van der Waals surface area contributed by atoms with Gasteiger partial charge >= 0.3 is 0 Å². The highest BCUT2D eigenvalue weighted by atomic mass is 16.2. The van der Waals surface area contributed by atoms with Crippen molar-refractivity contribution in [2.24, 2.45) is 0 Å². The molecule has 0 atom stereocenters. The number of carbonyl (C=O) groups is 2. The molecule has 2 heterocycles. The van der Waals surface area contributed by atoms with Crippen molar-refractivity contribution in [1.29, 1.82) is 0 Å². The zero-order valence-electron chi connectivity index (χ0n) is 15.0. The van der Waals surface area contributed by atoms with Gasteiger partial charge in [0.1, 0.15) is 12.9 Å². The van der Waals surface area contributed by atoms with Gasteiger partial charge in [0, 0.05) is 25.7 Å². The van der Waals surface area contributed by atoms with Crippen molar-refractivity contribution in [2.75, 3.05) is 5.32 Å². The van der Waals surface area contributed by atoms with E-state index in [2.05, 4.69) is 25.8 Å². The van der Waals surface area contributed by atoms with E-state index in [9.17, 15) is 9.59 Å². The number of rotatable bonds is 8. The van der Waals surface area contributed by atoms with Gasteiger partial charge in [-0.1, -0.05) is 30.3 Å². The second kappa shape index (κ2) is 8.75. The van der Waals surface area contributed by atoms with Crippen LogP contribution in [0, 0.1) is 6.92 Å². The maximum Gasteiger partial charge on any atom is 0.248 e. The Bertz CT molecular complexity index is 901. The molecule has 2 amide bonds. The van der Waals surface area contributed by atoms with Crippen molar-refractivity contribution in [1.82, 2.24) is 29.9 Å². The number of aryl methyl sites for hydroxylation is 2. The first-order valence-corrected chi connectivity index (χ1v) is 8.57. The first-order chi connectivity index (χ1) is 13.1. The minimum atomic E-state index is -0.213. The Balaban J connectivity index is 1.42. The number of amides is 2. The van der Waals surface area contributed by atoms with Gasteiger partial charge in [-0.3, -0.25) is 19.6 Å². The maximum absolute atomic E-state index is 12.0. The SMILES string of the molecule is Cc1cnn(CCC(=O)Nc2ncn(CC(=O)NCc3ccccc3)n2)c1. The fourth-order valence-electron chi connectivity index (χ4n) is 2.42. The molecule has 0 saturated carbocycles. The lowest BCUT2D eigenvalue weighted by Gasteiger charge is -2.05. The molecule has 3 rings (SSSR count). The fourth-order valence-corrected chi connectivity index (χ4v) is 2.42. The molecule has 0 aliphatic rings. The smallest absolute Gasteiger partial charge is 0.248 e. The Morgan fingerprint density at radius 3 is 2.67 bits per heavy atom. The summed E-state index contributed by atoms with van der Waals surface area (Å²) in [6.07, 6.45) is 5.28. The largest absolute Gasteiger partial charge is 0.350 e. The quantitative estimate of drug-likeness (QED) is 0.621. The average molecular weight is 367 g/mol. The Labute approximate surface area is 156 Å². The van der Waals surface area contributed by atoms with Crippen molar-refractivity contribution in [3.63, 3.8) is 0 Å². The first kappa shape index (κ1) is 18.3. The van der Waals surface area contributed by atoms with Gasteiger partial charge in [0.05, 0.1) is 6.20 Å². The lowest BCUT2D eigenvalue weighted by molar-refractivity contribution is -0.122. The molecule has 0 spiro atoms. The highest BCUT2D eigenvalue weighted by molar-refractivity contribution is 5.88. The molecule has 0 aliphatic heterocycles. The van der Waals surface area contributed by atoms with Crippen molar-refractivity contribution < 1.29 is 9.59 Å². The van der Waals surface area contributed by atoms with Crippen LogP contribution in [0.25, 0.3) is 0 Å². The summed E-state index contributed by atoms with van der Waals surface area (Å²) in [5, 5.41) is 13.7. The minimum absolute atomic E-state index is 0.0300. The van der Waals surface area contributed by atoms with Crippen LogP contribution in [0.15, 0.2) is 49.1 Å². The van der Waals surface area contributed by atoms with E-state index in [1.165, 1.54) is 11.0 Å². The summed E-state index contributed by atoms with van der Waals surface area (Å²) in [5.41, 5.74) is 2.06. The summed E-state index contributed by atoms with van der Waals surface area (Å²) in [6, 6.07) is 9.64. The topological polar surface area (TPSA) is 107 Å². The molecular weight excluding hydrogens is 346 g/mol. The number of anilines is 1. The predicted molar refractivity (Wildman–Crippen MR) is 98.5 cm³/mol. The predicted octanol–water partition coefficient (Wildman–Crippen LogP) is 1.13. The zero-order chi connectivity index (χ0) is 19.1. The molecule has 2 N–H and O–H groups in total. The van der Waals surface area contributed by atoms with Gasteiger partial charge in [-0.2, -0.15) is 5.10 Å². The molecular formula is C18H21N7O2. The molecule has 0 saturated heterocycles. The van der Waals surface area contributed by atoms with E-state index < -0.39 is 0 Å². The summed E-state index contributed by atoms with van der Waals surface area (Å²) < 4.78 is 3.09. The van der Waals surface area contributed by atoms with E-state index >= 15 is 0 Å². The summed E-state index contributed by atoms with van der Waals surface area (Å²) in [5.74, 6) is -0.224. The van der Waals surface area contributed by atoms with Crippen LogP contribution in [0.5, 0.6) is 0 Å². The van der Waals surface area contributed by atoms with Gasteiger partial charge in [0.15, 0.2) is 0 Å². The monoisotopic (exact) mass is 367 g/mol. The van der Waals surface area contributed by atoms with Gasteiger partial charge < -0.3 is 5.32 Å². The van der Waals surface area contributed by atoms with E-state index in [1.807, 2.05) is 43.5 Å². The van der Waals surface area contributed by atoms with Crippen LogP contribution in [0.3, 0.4) is 0 Å². The van der Waals surface area contributed by atoms with E-state index in [1.54, 1.807) is 10.9 Å². The van der Waals surface area contributed by atoms with Gasteiger partial charge in [-0.05, 0) is 18.1 Å². The van der Waals surface area contributed by atoms with Gasteiger partial charge in [0.25, 0.3) is 0 Å². The highest BCUT2D eigenvalue weighted by Crippen LogP contribution is 2.01. The number of hydrogen-bond donors (Lipinski definition) is 2. The average Bonchev–Trinajstić information content (AvgIpc) is 3.28. The maximum atomic E-state index is 12.0. The molecule has 9 heteroatoms. The third-order valence-corrected chi connectivity index (χ3v) is 3.76. The Kier molecular flexibility index (Phi) is 5.93. The summed E-state index contributed by atoms with van der Waals surface area (Å²) in [7, 11) is 0. The van der Waals surface area contributed by atoms with Crippen LogP contribution >= 0.6 is 0 Å². The molecule has 2 aromatic heterocycles. The summed E-state index contributed by atoms with van der Waals surface area (Å²) >= 11 is 0. The second-order valence-electron chi connectivity index (χ2n) is 6.11. The lowest BCUT2D eigenvalue weighted by atomic mass is 10.2. The number of carbonyl (C=O) groups excluding carboxylic acids is 2. The zero-order valence-corrected chi connectivity index (χ0v) is 15.0.